The highest BCUT2D eigenvalue weighted by atomic mass is 79.9. The van der Waals surface area contributed by atoms with Gasteiger partial charge in [0, 0.05) is 0 Å². The van der Waals surface area contributed by atoms with Gasteiger partial charge in [-0.25, -0.2) is 13.8 Å². The van der Waals surface area contributed by atoms with Gasteiger partial charge in [-0.05, 0) is 82.9 Å². The van der Waals surface area contributed by atoms with Crippen molar-refractivity contribution in [3.05, 3.63) is 81.8 Å². The van der Waals surface area contributed by atoms with Gasteiger partial charge in [0.2, 0.25) is 0 Å². The van der Waals surface area contributed by atoms with E-state index in [2.05, 4.69) is 26.5 Å². The van der Waals surface area contributed by atoms with E-state index in [1.54, 1.807) is 42.5 Å². The van der Waals surface area contributed by atoms with Gasteiger partial charge in [-0.15, -0.1) is 0 Å². The molecule has 3 rings (SSSR count). The second-order valence-electron chi connectivity index (χ2n) is 7.70. The van der Waals surface area contributed by atoms with Gasteiger partial charge in [-0.2, -0.15) is 5.10 Å². The second-order valence-corrected chi connectivity index (χ2v) is 10.4. The van der Waals surface area contributed by atoms with E-state index >= 15 is 0 Å². The average molecular weight is 560 g/mol. The first-order valence-electron chi connectivity index (χ1n) is 10.5. The van der Waals surface area contributed by atoms with Crippen LogP contribution in [-0.4, -0.2) is 41.3 Å². The molecule has 0 atom stereocenters. The molecule has 35 heavy (non-hydrogen) atoms. The number of rotatable bonds is 9. The van der Waals surface area contributed by atoms with Gasteiger partial charge < -0.3 is 9.47 Å². The van der Waals surface area contributed by atoms with E-state index in [0.29, 0.717) is 27.2 Å². The Balaban J connectivity index is 1.86. The maximum Gasteiger partial charge on any atom is 0.264 e. The number of hydrazone groups is 1. The smallest absolute Gasteiger partial charge is 0.264 e. The van der Waals surface area contributed by atoms with E-state index < -0.39 is 22.5 Å². The molecule has 1 N–H and O–H groups in total. The molecule has 8 nitrogen and oxygen atoms in total. The van der Waals surface area contributed by atoms with Gasteiger partial charge in [-0.1, -0.05) is 24.3 Å². The summed E-state index contributed by atoms with van der Waals surface area (Å²) in [6, 6.07) is 16.8. The van der Waals surface area contributed by atoms with Crippen LogP contribution in [-0.2, 0) is 14.8 Å². The summed E-state index contributed by atoms with van der Waals surface area (Å²) in [5.41, 5.74) is 5.20. The topological polar surface area (TPSA) is 97.3 Å². The Morgan fingerprint density at radius 2 is 1.69 bits per heavy atom. The van der Waals surface area contributed by atoms with Crippen LogP contribution in [0.15, 0.2) is 75.1 Å². The monoisotopic (exact) mass is 559 g/mol. The van der Waals surface area contributed by atoms with Crippen molar-refractivity contribution in [1.29, 1.82) is 0 Å². The molecular weight excluding hydrogens is 534 g/mol. The second kappa shape index (κ2) is 11.4. The normalized spacial score (nSPS) is 11.3. The average Bonchev–Trinajstić information content (AvgIpc) is 2.82. The largest absolute Gasteiger partial charge is 0.493 e. The zero-order valence-corrected chi connectivity index (χ0v) is 22.2. The molecule has 0 unspecified atom stereocenters. The van der Waals surface area contributed by atoms with E-state index in [0.717, 1.165) is 15.4 Å². The Hall–Kier alpha value is -3.37. The number of hydrogen-bond donors (Lipinski definition) is 1. The number of nitrogens with one attached hydrogen (secondary N) is 1. The number of nitrogens with zero attached hydrogens (tertiary/aromatic N) is 2. The third-order valence-electron chi connectivity index (χ3n) is 4.97. The summed E-state index contributed by atoms with van der Waals surface area (Å²) >= 11 is 3.41. The summed E-state index contributed by atoms with van der Waals surface area (Å²) in [5, 5.41) is 3.99. The highest BCUT2D eigenvalue weighted by Gasteiger charge is 2.27. The molecular formula is C25H26BrN3O5S. The molecule has 0 aliphatic rings. The molecule has 0 aliphatic heterocycles. The Bertz CT molecular complexity index is 1320. The third-order valence-corrected chi connectivity index (χ3v) is 7.35. The minimum Gasteiger partial charge on any atom is -0.493 e. The molecule has 3 aromatic carbocycles. The Morgan fingerprint density at radius 1 is 1.03 bits per heavy atom. The number of halogens is 1. The molecule has 0 bridgehead atoms. The summed E-state index contributed by atoms with van der Waals surface area (Å²) in [7, 11) is -0.953. The Labute approximate surface area is 213 Å². The van der Waals surface area contributed by atoms with E-state index in [4.69, 9.17) is 9.47 Å². The van der Waals surface area contributed by atoms with Crippen molar-refractivity contribution in [2.45, 2.75) is 18.7 Å². The van der Waals surface area contributed by atoms with Crippen molar-refractivity contribution < 1.29 is 22.7 Å². The summed E-state index contributed by atoms with van der Waals surface area (Å²) in [4.78, 5) is 12.9. The van der Waals surface area contributed by atoms with E-state index in [1.807, 2.05) is 19.9 Å². The predicted octanol–water partition coefficient (Wildman–Crippen LogP) is 4.43. The highest BCUT2D eigenvalue weighted by Crippen LogP contribution is 2.35. The number of methoxy groups -OCH3 is 2. The lowest BCUT2D eigenvalue weighted by molar-refractivity contribution is -0.119. The van der Waals surface area contributed by atoms with Crippen LogP contribution >= 0.6 is 15.9 Å². The van der Waals surface area contributed by atoms with Crippen LogP contribution in [0.5, 0.6) is 11.5 Å². The molecule has 0 saturated carbocycles. The van der Waals surface area contributed by atoms with Crippen molar-refractivity contribution in [1.82, 2.24) is 5.43 Å². The van der Waals surface area contributed by atoms with Crippen molar-refractivity contribution >= 4 is 43.8 Å². The molecule has 10 heteroatoms. The van der Waals surface area contributed by atoms with Gasteiger partial charge >= 0.3 is 0 Å². The van der Waals surface area contributed by atoms with Gasteiger partial charge in [0.05, 0.1) is 35.5 Å². The van der Waals surface area contributed by atoms with Crippen molar-refractivity contribution in [2.24, 2.45) is 5.10 Å². The van der Waals surface area contributed by atoms with Gasteiger partial charge in [0.15, 0.2) is 11.5 Å². The fraction of sp³-hybridized carbons (Fsp3) is 0.200. The number of sulfonamides is 1. The molecule has 184 valence electrons. The quantitative estimate of drug-likeness (QED) is 0.309. The van der Waals surface area contributed by atoms with Crippen LogP contribution in [0.4, 0.5) is 5.69 Å². The van der Waals surface area contributed by atoms with Crippen molar-refractivity contribution in [3.63, 3.8) is 0 Å². The van der Waals surface area contributed by atoms with Crippen LogP contribution in [0.2, 0.25) is 0 Å². The number of amides is 1. The lowest BCUT2D eigenvalue weighted by Gasteiger charge is -2.24. The van der Waals surface area contributed by atoms with Crippen LogP contribution in [0.25, 0.3) is 0 Å². The number of hydrogen-bond acceptors (Lipinski definition) is 6. The molecule has 0 heterocycles. The number of aryl methyl sites for hydroxylation is 2. The molecule has 0 aliphatic carbocycles. The zero-order chi connectivity index (χ0) is 25.6. The van der Waals surface area contributed by atoms with Gasteiger partial charge in [-0.3, -0.25) is 9.10 Å². The fourth-order valence-corrected chi connectivity index (χ4v) is 5.53. The van der Waals surface area contributed by atoms with Crippen molar-refractivity contribution in [2.75, 3.05) is 25.1 Å². The fourth-order valence-electron chi connectivity index (χ4n) is 3.49. The van der Waals surface area contributed by atoms with Crippen LogP contribution in [0.1, 0.15) is 16.7 Å². The minimum absolute atomic E-state index is 0.0886. The molecule has 0 aromatic heterocycles. The van der Waals surface area contributed by atoms with Crippen LogP contribution in [0, 0.1) is 13.8 Å². The predicted molar refractivity (Wildman–Crippen MR) is 140 cm³/mol. The van der Waals surface area contributed by atoms with Crippen LogP contribution in [0.3, 0.4) is 0 Å². The molecule has 0 saturated heterocycles. The first-order chi connectivity index (χ1) is 16.6. The first-order valence-corrected chi connectivity index (χ1v) is 12.8. The summed E-state index contributed by atoms with van der Waals surface area (Å²) in [6.45, 7) is 3.29. The maximum absolute atomic E-state index is 13.4. The van der Waals surface area contributed by atoms with Crippen LogP contribution < -0.4 is 19.2 Å². The highest BCUT2D eigenvalue weighted by molar-refractivity contribution is 9.10. The van der Waals surface area contributed by atoms with E-state index in [-0.39, 0.29) is 4.90 Å². The molecule has 3 aromatic rings. The number of carbonyl (C=O) groups is 1. The molecule has 0 fully saturated rings. The van der Waals surface area contributed by atoms with E-state index in [1.165, 1.54) is 32.6 Å². The third kappa shape index (κ3) is 6.40. The zero-order valence-electron chi connectivity index (χ0n) is 19.8. The summed E-state index contributed by atoms with van der Waals surface area (Å²) in [6.07, 6.45) is 1.43. The lowest BCUT2D eigenvalue weighted by atomic mass is 10.1. The van der Waals surface area contributed by atoms with Gasteiger partial charge in [0.1, 0.15) is 6.54 Å². The molecule has 0 radical (unpaired) electrons. The van der Waals surface area contributed by atoms with E-state index in [9.17, 15) is 13.2 Å². The lowest BCUT2D eigenvalue weighted by Crippen LogP contribution is -2.39. The minimum atomic E-state index is -4.00. The Morgan fingerprint density at radius 3 is 2.29 bits per heavy atom. The Kier molecular flexibility index (Phi) is 8.52. The number of carbonyl (C=O) groups excluding carboxylic acids is 1. The van der Waals surface area contributed by atoms with Crippen molar-refractivity contribution in [3.8, 4) is 11.5 Å². The summed E-state index contributed by atoms with van der Waals surface area (Å²) in [5.74, 6) is 0.424. The maximum atomic E-state index is 13.4. The first kappa shape index (κ1) is 26.2. The molecule has 0 spiro atoms. The summed E-state index contributed by atoms with van der Waals surface area (Å²) < 4.78 is 39.2. The SMILES string of the molecule is COc1cc(/C=N/NC(=O)CN(c2cc(C)cc(C)c2)S(=O)(=O)c2ccccc2)cc(Br)c1OC. The van der Waals surface area contributed by atoms with Gasteiger partial charge in [0.25, 0.3) is 15.9 Å². The number of anilines is 1. The number of ether oxygens (including phenoxy) is 2. The standard InChI is InChI=1S/C25H26BrN3O5S/c1-17-10-18(2)12-20(11-17)29(35(31,32)21-8-6-5-7-9-21)16-24(30)28-27-15-19-13-22(26)25(34-4)23(14-19)33-3/h5-15H,16H2,1-4H3,(H,28,30)/b27-15+. The molecule has 1 amide bonds. The number of benzene rings is 3.